The number of sulfone groups is 1. The highest BCUT2D eigenvalue weighted by Crippen LogP contribution is 2.48. The summed E-state index contributed by atoms with van der Waals surface area (Å²) in [5, 5.41) is 12.7. The van der Waals surface area contributed by atoms with Gasteiger partial charge in [0.05, 0.1) is 17.6 Å². The third kappa shape index (κ3) is 5.92. The fraction of sp³-hybridized carbons (Fsp3) is 0.656. The van der Waals surface area contributed by atoms with Crippen LogP contribution in [0.5, 0.6) is 0 Å². The molecule has 0 radical (unpaired) electrons. The Bertz CT molecular complexity index is 1470. The summed E-state index contributed by atoms with van der Waals surface area (Å²) in [6, 6.07) is 13.0. The molecule has 2 unspecified atom stereocenters. The number of benzene rings is 1. The number of oxazole rings is 1. The van der Waals surface area contributed by atoms with Crippen LogP contribution in [0.4, 0.5) is 5.69 Å². The van der Waals surface area contributed by atoms with Crippen LogP contribution in [0.15, 0.2) is 28.7 Å². The van der Waals surface area contributed by atoms with E-state index in [0.29, 0.717) is 13.1 Å². The Labute approximate surface area is 251 Å². The van der Waals surface area contributed by atoms with Crippen molar-refractivity contribution in [1.82, 2.24) is 10.3 Å². The molecule has 2 aromatic rings. The van der Waals surface area contributed by atoms with E-state index in [1.807, 2.05) is 0 Å². The van der Waals surface area contributed by atoms with Crippen molar-refractivity contribution < 1.29 is 17.6 Å². The Morgan fingerprint density at radius 1 is 1.07 bits per heavy atom. The zero-order valence-electron chi connectivity index (χ0n) is 25.2. The Morgan fingerprint density at radius 3 is 2.33 bits per heavy atom. The number of hydrogen-bond donors (Lipinski definition) is 1. The van der Waals surface area contributed by atoms with Crippen molar-refractivity contribution in [1.29, 1.82) is 5.26 Å². The smallest absolute Gasteiger partial charge is 0.225 e. The Morgan fingerprint density at radius 2 is 1.71 bits per heavy atom. The zero-order chi connectivity index (χ0) is 29.8. The number of carbonyl (C=O) groups is 1. The van der Waals surface area contributed by atoms with E-state index in [1.165, 1.54) is 12.1 Å². The van der Waals surface area contributed by atoms with Crippen molar-refractivity contribution in [3.63, 3.8) is 0 Å². The summed E-state index contributed by atoms with van der Waals surface area (Å²) in [6.07, 6.45) is 7.24. The van der Waals surface area contributed by atoms with Crippen LogP contribution in [0.25, 0.3) is 11.3 Å². The molecule has 1 N–H and O–H groups in total. The largest absolute Gasteiger partial charge is 0.444 e. The lowest BCUT2D eigenvalue weighted by Crippen LogP contribution is -2.42. The van der Waals surface area contributed by atoms with Gasteiger partial charge in [0.2, 0.25) is 11.8 Å². The third-order valence-corrected chi connectivity index (χ3v) is 15.3. The number of hydrogen-bond acceptors (Lipinski definition) is 7. The number of nitrogens with one attached hydrogen (secondary N) is 1. The van der Waals surface area contributed by atoms with Crippen LogP contribution in [0, 0.1) is 17.2 Å². The van der Waals surface area contributed by atoms with Gasteiger partial charge in [0.25, 0.3) is 0 Å². The maximum Gasteiger partial charge on any atom is 0.225 e. The van der Waals surface area contributed by atoms with E-state index in [9.17, 15) is 18.5 Å². The van der Waals surface area contributed by atoms with Crippen molar-refractivity contribution in [2.75, 3.05) is 29.5 Å². The number of anilines is 1. The van der Waals surface area contributed by atoms with E-state index in [2.05, 4.69) is 60.6 Å². The van der Waals surface area contributed by atoms with Crippen LogP contribution >= 0.6 is 0 Å². The molecule has 0 bridgehead atoms. The molecule has 4 aliphatic rings. The van der Waals surface area contributed by atoms with Crippen molar-refractivity contribution in [3.8, 4) is 17.3 Å². The van der Waals surface area contributed by atoms with Crippen LogP contribution in [-0.2, 0) is 20.0 Å². The predicted molar refractivity (Wildman–Crippen MR) is 167 cm³/mol. The first-order chi connectivity index (χ1) is 19.9. The fourth-order valence-electron chi connectivity index (χ4n) is 7.02. The summed E-state index contributed by atoms with van der Waals surface area (Å²) in [7, 11) is -4.13. The van der Waals surface area contributed by atoms with Gasteiger partial charge in [-0.05, 0) is 50.7 Å². The summed E-state index contributed by atoms with van der Waals surface area (Å²) in [5.74, 6) is 1.60. The Balaban J connectivity index is 1.34. The number of aromatic nitrogens is 1. The number of amides is 1. The lowest BCUT2D eigenvalue weighted by Gasteiger charge is -2.38. The number of carbonyl (C=O) groups excluding carboxylic acids is 1. The second kappa shape index (κ2) is 10.8. The highest BCUT2D eigenvalue weighted by atomic mass is 32.2. The summed E-state index contributed by atoms with van der Waals surface area (Å²) in [5.41, 5.74) is 1.98. The van der Waals surface area contributed by atoms with Crippen molar-refractivity contribution >= 4 is 29.5 Å². The van der Waals surface area contributed by atoms with Gasteiger partial charge >= 0.3 is 0 Å². The van der Waals surface area contributed by atoms with Gasteiger partial charge in [-0.15, -0.1) is 0 Å². The van der Waals surface area contributed by atoms with E-state index < -0.39 is 23.5 Å². The average molecular weight is 609 g/mol. The first-order valence-corrected chi connectivity index (χ1v) is 21.0. The van der Waals surface area contributed by atoms with E-state index >= 15 is 0 Å². The van der Waals surface area contributed by atoms with Crippen LogP contribution in [0.1, 0.15) is 75.9 Å². The number of rotatable bonds is 6. The molecule has 2 saturated carbocycles. The average Bonchev–Trinajstić information content (AvgIpc) is 3.60. The zero-order valence-corrected chi connectivity index (χ0v) is 27.1. The molecule has 6 rings (SSSR count). The molecule has 0 spiro atoms. The van der Waals surface area contributed by atoms with Gasteiger partial charge in [-0.25, -0.2) is 13.4 Å². The molecular weight excluding hydrogens is 565 g/mol. The van der Waals surface area contributed by atoms with Gasteiger partial charge in [-0.1, -0.05) is 57.1 Å². The van der Waals surface area contributed by atoms with Gasteiger partial charge < -0.3 is 14.6 Å². The maximum absolute atomic E-state index is 13.6. The van der Waals surface area contributed by atoms with Crippen LogP contribution in [0.2, 0.25) is 25.2 Å². The predicted octanol–water partition coefficient (Wildman–Crippen LogP) is 5.78. The summed E-state index contributed by atoms with van der Waals surface area (Å²) < 4.78 is 30.7. The van der Waals surface area contributed by atoms with Gasteiger partial charge in [0.1, 0.15) is 17.0 Å². The monoisotopic (exact) mass is 608 g/mol. The topological polar surface area (TPSA) is 116 Å². The van der Waals surface area contributed by atoms with Gasteiger partial charge in [-0.3, -0.25) is 4.79 Å². The summed E-state index contributed by atoms with van der Waals surface area (Å²) in [4.78, 5) is 20.9. The molecule has 8 nitrogen and oxygen atoms in total. The molecule has 2 atom stereocenters. The molecule has 2 saturated heterocycles. The maximum atomic E-state index is 13.6. The minimum atomic E-state index is -2.95. The Kier molecular flexibility index (Phi) is 7.58. The highest BCUT2D eigenvalue weighted by molar-refractivity contribution is 7.91. The third-order valence-electron chi connectivity index (χ3n) is 10.5. The lowest BCUT2D eigenvalue weighted by molar-refractivity contribution is -0.127. The first kappa shape index (κ1) is 29.4. The molecular formula is C32H44N4O4SSi. The minimum absolute atomic E-state index is 0.0327. The molecule has 2 aliphatic heterocycles. The van der Waals surface area contributed by atoms with Crippen LogP contribution < -0.4 is 10.2 Å². The second-order valence-corrected chi connectivity index (χ2v) is 22.0. The van der Waals surface area contributed by atoms with E-state index in [4.69, 9.17) is 9.40 Å². The van der Waals surface area contributed by atoms with Crippen molar-refractivity contribution in [2.24, 2.45) is 5.92 Å². The number of nitriles is 1. The van der Waals surface area contributed by atoms with Crippen LogP contribution in [-0.4, -0.2) is 57.5 Å². The molecule has 10 heteroatoms. The molecule has 3 heterocycles. The first-order valence-electron chi connectivity index (χ1n) is 15.7. The fourth-order valence-corrected chi connectivity index (χ4v) is 10.9. The standard InChI is InChI=1S/C32H44N4O4SSi/c1-31(14-20-42(2,3)21-15-31)30-34-27(23-8-10-24(11-9-23)36-16-18-41(38,39)19-17-36)28(40-30)25-6-4-5-7-26(25)29(37)35-32(22-33)12-13-32/h8-11,25-26H,4-7,12-21H2,1-3H3,(H,35,37). The number of nitrogens with zero attached hydrogens (tertiary/aromatic N) is 3. The van der Waals surface area contributed by atoms with Gasteiger partial charge in [0, 0.05) is 49.7 Å². The van der Waals surface area contributed by atoms with Gasteiger partial charge in [0.15, 0.2) is 9.84 Å². The molecule has 2 aliphatic carbocycles. The molecule has 1 aromatic heterocycles. The minimum Gasteiger partial charge on any atom is -0.444 e. The van der Waals surface area contributed by atoms with E-state index in [-0.39, 0.29) is 34.7 Å². The van der Waals surface area contributed by atoms with Crippen molar-refractivity contribution in [2.45, 2.75) is 100 Å². The molecule has 226 valence electrons. The molecule has 4 fully saturated rings. The lowest BCUT2D eigenvalue weighted by atomic mass is 9.76. The summed E-state index contributed by atoms with van der Waals surface area (Å²) >= 11 is 0. The molecule has 1 amide bonds. The molecule has 42 heavy (non-hydrogen) atoms. The quantitative estimate of drug-likeness (QED) is 0.413. The second-order valence-electron chi connectivity index (χ2n) is 14.3. The Hall–Kier alpha value is -2.64. The van der Waals surface area contributed by atoms with E-state index in [0.717, 1.165) is 80.0 Å². The molecule has 1 aromatic carbocycles. The normalized spacial score (nSPS) is 27.5. The van der Waals surface area contributed by atoms with Gasteiger partial charge in [-0.2, -0.15) is 5.26 Å². The van der Waals surface area contributed by atoms with E-state index in [1.54, 1.807) is 0 Å². The summed E-state index contributed by atoms with van der Waals surface area (Å²) in [6.45, 7) is 8.23. The van der Waals surface area contributed by atoms with Crippen LogP contribution in [0.3, 0.4) is 0 Å². The SMILES string of the molecule is CC1(c2nc(-c3ccc(N4CCS(=O)(=O)CC4)cc3)c(C3CCCCC3C(=O)NC3(C#N)CC3)o2)CC[Si](C)(C)CC1. The van der Waals surface area contributed by atoms with Crippen molar-refractivity contribution in [3.05, 3.63) is 35.9 Å². The highest BCUT2D eigenvalue weighted by Gasteiger charge is 2.48.